The van der Waals surface area contributed by atoms with E-state index in [0.29, 0.717) is 32.5 Å². The van der Waals surface area contributed by atoms with E-state index in [4.69, 9.17) is 9.90 Å². The Hall–Kier alpha value is -2.40. The summed E-state index contributed by atoms with van der Waals surface area (Å²) in [5.74, 6) is -2.49. The molecule has 3 rings (SSSR count). The van der Waals surface area contributed by atoms with Crippen molar-refractivity contribution in [3.05, 3.63) is 35.0 Å². The molecule has 0 radical (unpaired) electrons. The second kappa shape index (κ2) is 9.61. The van der Waals surface area contributed by atoms with Crippen molar-refractivity contribution in [3.63, 3.8) is 0 Å². The molecular formula is C19H24F3N3O4S. The minimum atomic E-state index is -5.08. The predicted molar refractivity (Wildman–Crippen MR) is 105 cm³/mol. The molecule has 1 N–H and O–H groups in total. The summed E-state index contributed by atoms with van der Waals surface area (Å²) in [5.41, 5.74) is 0.301. The molecular weight excluding hydrogens is 423 g/mol. The van der Waals surface area contributed by atoms with Crippen molar-refractivity contribution in [2.45, 2.75) is 24.6 Å². The van der Waals surface area contributed by atoms with Crippen LogP contribution in [-0.2, 0) is 9.59 Å². The highest BCUT2D eigenvalue weighted by Gasteiger charge is 2.49. The molecule has 0 unspecified atom stereocenters. The number of piperazine rings is 1. The molecule has 0 aliphatic carbocycles. The van der Waals surface area contributed by atoms with E-state index >= 15 is 0 Å². The minimum Gasteiger partial charge on any atom is -0.475 e. The summed E-state index contributed by atoms with van der Waals surface area (Å²) in [5, 5.41) is 10.9. The van der Waals surface area contributed by atoms with Gasteiger partial charge in [0.2, 0.25) is 5.91 Å². The average Bonchev–Trinajstić information content (AvgIpc) is 3.23. The number of hydrogen-bond donors (Lipinski definition) is 1. The maximum absolute atomic E-state index is 12.9. The molecule has 1 aromatic rings. The lowest BCUT2D eigenvalue weighted by Crippen LogP contribution is -2.67. The van der Waals surface area contributed by atoms with Gasteiger partial charge < -0.3 is 14.9 Å². The van der Waals surface area contributed by atoms with E-state index in [1.807, 2.05) is 33.7 Å². The van der Waals surface area contributed by atoms with Crippen LogP contribution >= 0.6 is 11.3 Å². The van der Waals surface area contributed by atoms with Crippen LogP contribution in [0.1, 0.15) is 23.2 Å². The number of carboxylic acid groups (broad SMARTS) is 1. The van der Waals surface area contributed by atoms with Crippen LogP contribution in [0.4, 0.5) is 13.2 Å². The summed E-state index contributed by atoms with van der Waals surface area (Å²) in [4.78, 5) is 40.3. The maximum atomic E-state index is 12.9. The number of halogens is 3. The van der Waals surface area contributed by atoms with E-state index in [1.165, 1.54) is 11.3 Å². The lowest BCUT2D eigenvalue weighted by atomic mass is 9.82. The van der Waals surface area contributed by atoms with Crippen LogP contribution < -0.4 is 0 Å². The number of nitrogens with zero attached hydrogens (tertiary/aromatic N) is 3. The highest BCUT2D eigenvalue weighted by molar-refractivity contribution is 7.08. The summed E-state index contributed by atoms with van der Waals surface area (Å²) in [6.07, 6.45) is -1.90. The first-order chi connectivity index (χ1) is 14.0. The highest BCUT2D eigenvalue weighted by atomic mass is 32.1. The Morgan fingerprint density at radius 2 is 1.87 bits per heavy atom. The van der Waals surface area contributed by atoms with E-state index in [0.717, 1.165) is 18.7 Å². The highest BCUT2D eigenvalue weighted by Crippen LogP contribution is 2.33. The summed E-state index contributed by atoms with van der Waals surface area (Å²) in [6.45, 7) is 7.24. The molecule has 7 nitrogen and oxygen atoms in total. The molecule has 166 valence electrons. The summed E-state index contributed by atoms with van der Waals surface area (Å²) in [7, 11) is 2.03. The number of carbonyl (C=O) groups excluding carboxylic acids is 2. The Bertz CT molecular complexity index is 774. The normalized spacial score (nSPS) is 19.3. The van der Waals surface area contributed by atoms with Crippen molar-refractivity contribution in [3.8, 4) is 0 Å². The molecule has 2 amide bonds. The van der Waals surface area contributed by atoms with Gasteiger partial charge in [-0.3, -0.25) is 14.5 Å². The Kier molecular flexibility index (Phi) is 7.64. The predicted octanol–water partition coefficient (Wildman–Crippen LogP) is 2.32. The molecule has 2 aliphatic rings. The summed E-state index contributed by atoms with van der Waals surface area (Å²) in [6, 6.07) is 1.86. The van der Waals surface area contributed by atoms with Crippen LogP contribution in [0.3, 0.4) is 0 Å². The number of alkyl halides is 3. The molecule has 1 spiro atoms. The van der Waals surface area contributed by atoms with Crippen LogP contribution in [-0.4, -0.2) is 89.1 Å². The fourth-order valence-electron chi connectivity index (χ4n) is 3.62. The molecule has 1 aromatic heterocycles. The van der Waals surface area contributed by atoms with E-state index in [2.05, 4.69) is 11.5 Å². The number of hydrogen-bond acceptors (Lipinski definition) is 5. The van der Waals surface area contributed by atoms with Crippen molar-refractivity contribution >= 4 is 29.1 Å². The largest absolute Gasteiger partial charge is 0.490 e. The number of carboxylic acids is 1. The second-order valence-electron chi connectivity index (χ2n) is 7.10. The van der Waals surface area contributed by atoms with Gasteiger partial charge >= 0.3 is 12.1 Å². The number of piperidine rings is 1. The minimum absolute atomic E-state index is 0.0787. The van der Waals surface area contributed by atoms with Crippen LogP contribution in [0.5, 0.6) is 0 Å². The number of likely N-dealkylation sites (N-methyl/N-ethyl adjacent to an activating group) is 1. The van der Waals surface area contributed by atoms with Gasteiger partial charge in [0.25, 0.3) is 5.91 Å². The number of aliphatic carboxylic acids is 1. The fourth-order valence-corrected chi connectivity index (χ4v) is 4.25. The quantitative estimate of drug-likeness (QED) is 0.720. The van der Waals surface area contributed by atoms with Crippen molar-refractivity contribution in [2.24, 2.45) is 0 Å². The zero-order valence-corrected chi connectivity index (χ0v) is 17.3. The van der Waals surface area contributed by atoms with E-state index in [-0.39, 0.29) is 11.8 Å². The number of likely N-dealkylation sites (tertiary alicyclic amines) is 1. The van der Waals surface area contributed by atoms with Gasteiger partial charge in [-0.1, -0.05) is 6.08 Å². The third-order valence-corrected chi connectivity index (χ3v) is 6.04. The molecule has 2 fully saturated rings. The van der Waals surface area contributed by atoms with Gasteiger partial charge in [-0.2, -0.15) is 24.5 Å². The maximum Gasteiger partial charge on any atom is 0.490 e. The van der Waals surface area contributed by atoms with E-state index < -0.39 is 17.7 Å². The van der Waals surface area contributed by atoms with Crippen molar-refractivity contribution in [1.82, 2.24) is 14.7 Å². The molecule has 0 saturated carbocycles. The second-order valence-corrected chi connectivity index (χ2v) is 7.88. The molecule has 2 aliphatic heterocycles. The van der Waals surface area contributed by atoms with Crippen LogP contribution in [0.2, 0.25) is 0 Å². The zero-order chi connectivity index (χ0) is 22.5. The van der Waals surface area contributed by atoms with E-state index in [1.54, 1.807) is 6.08 Å². The number of amides is 2. The molecule has 2 saturated heterocycles. The summed E-state index contributed by atoms with van der Waals surface area (Å²) < 4.78 is 31.7. The standard InChI is InChI=1S/C17H23N3O2S.C2HF3O2/c1-3-7-20-11-10-18(2)17(16(20)22)5-8-19(9-6-17)15(21)14-4-12-23-13-14;3-2(4,5)1(6)7/h3-4,12-13H,1,5-11H2,2H3;(H,6,7). The van der Waals surface area contributed by atoms with Crippen molar-refractivity contribution in [2.75, 3.05) is 39.8 Å². The molecule has 11 heteroatoms. The zero-order valence-electron chi connectivity index (χ0n) is 16.5. The van der Waals surface area contributed by atoms with Gasteiger partial charge in [0.1, 0.15) is 5.54 Å². The van der Waals surface area contributed by atoms with E-state index in [9.17, 15) is 22.8 Å². The van der Waals surface area contributed by atoms with Gasteiger partial charge in [0, 0.05) is 38.1 Å². The summed E-state index contributed by atoms with van der Waals surface area (Å²) >= 11 is 1.53. The van der Waals surface area contributed by atoms with Crippen LogP contribution in [0.15, 0.2) is 29.5 Å². The molecule has 0 aromatic carbocycles. The number of thiophene rings is 1. The average molecular weight is 447 g/mol. The SMILES string of the molecule is C=CCN1CCN(C)C2(CCN(C(=O)c3ccsc3)CC2)C1=O.O=C(O)C(F)(F)F. The van der Waals surface area contributed by atoms with Gasteiger partial charge in [-0.05, 0) is 31.3 Å². The lowest BCUT2D eigenvalue weighted by Gasteiger charge is -2.51. The topological polar surface area (TPSA) is 81.2 Å². The molecule has 0 atom stereocenters. The Morgan fingerprint density at radius 1 is 1.27 bits per heavy atom. The van der Waals surface area contributed by atoms with Gasteiger partial charge in [-0.15, -0.1) is 6.58 Å². The number of rotatable bonds is 3. The molecule has 0 bridgehead atoms. The fraction of sp³-hybridized carbons (Fsp3) is 0.526. The number of carbonyl (C=O) groups is 3. The molecule has 30 heavy (non-hydrogen) atoms. The monoisotopic (exact) mass is 447 g/mol. The first-order valence-corrected chi connectivity index (χ1v) is 10.2. The Balaban J connectivity index is 0.000000396. The van der Waals surface area contributed by atoms with Gasteiger partial charge in [0.15, 0.2) is 0 Å². The smallest absolute Gasteiger partial charge is 0.475 e. The first kappa shape index (κ1) is 23.9. The third-order valence-electron chi connectivity index (χ3n) is 5.36. The van der Waals surface area contributed by atoms with Crippen LogP contribution in [0, 0.1) is 0 Å². The van der Waals surface area contributed by atoms with Crippen LogP contribution in [0.25, 0.3) is 0 Å². The van der Waals surface area contributed by atoms with Crippen molar-refractivity contribution in [1.29, 1.82) is 0 Å². The Labute approximate surface area is 176 Å². The first-order valence-electron chi connectivity index (χ1n) is 9.26. The van der Waals surface area contributed by atoms with Crippen molar-refractivity contribution < 1.29 is 32.7 Å². The third kappa shape index (κ3) is 5.20. The van der Waals surface area contributed by atoms with Gasteiger partial charge in [-0.25, -0.2) is 4.79 Å². The Morgan fingerprint density at radius 3 is 2.33 bits per heavy atom. The lowest BCUT2D eigenvalue weighted by molar-refractivity contribution is -0.192. The van der Waals surface area contributed by atoms with Gasteiger partial charge in [0.05, 0.1) is 5.56 Å². The molecule has 3 heterocycles.